The maximum Gasteiger partial charge on any atom is 0.0546 e. The summed E-state index contributed by atoms with van der Waals surface area (Å²) in [4.78, 5) is 0. The Kier molecular flexibility index (Phi) is 3.04. The molecule has 88 valence electrons. The molecule has 1 spiro atoms. The van der Waals surface area contributed by atoms with Crippen molar-refractivity contribution in [1.29, 1.82) is 0 Å². The first-order chi connectivity index (χ1) is 6.72. The Hall–Kier alpha value is 0.210. The summed E-state index contributed by atoms with van der Waals surface area (Å²) in [5, 5.41) is 9.83. The lowest BCUT2D eigenvalue weighted by Crippen LogP contribution is -2.49. The van der Waals surface area contributed by atoms with Gasteiger partial charge in [0.15, 0.2) is 0 Å². The first kappa shape index (κ1) is 11.7. The van der Waals surface area contributed by atoms with Crippen molar-refractivity contribution in [2.45, 2.75) is 57.1 Å². The third-order valence-corrected chi connectivity index (χ3v) is 5.25. The molecule has 3 heteroatoms. The van der Waals surface area contributed by atoms with Crippen molar-refractivity contribution in [3.05, 3.63) is 0 Å². The standard InChI is InChI=1S/C12H21NO.ClH/c13-11-8-3-4-9(6-8)12(11)5-1-2-10(14)7-12;/h8-11,14H,1-7,13H2;1H/t8-,9+,10+,11-,12?;/m1./s1. The molecule has 5 atom stereocenters. The van der Waals surface area contributed by atoms with Crippen LogP contribution in [0.5, 0.6) is 0 Å². The van der Waals surface area contributed by atoms with E-state index >= 15 is 0 Å². The predicted molar refractivity (Wildman–Crippen MR) is 63.0 cm³/mol. The number of halogens is 1. The molecule has 1 unspecified atom stereocenters. The van der Waals surface area contributed by atoms with Crippen LogP contribution in [-0.2, 0) is 0 Å². The molecule has 2 nitrogen and oxygen atoms in total. The van der Waals surface area contributed by atoms with Gasteiger partial charge in [0.05, 0.1) is 6.10 Å². The van der Waals surface area contributed by atoms with Gasteiger partial charge in [-0.1, -0.05) is 6.42 Å². The summed E-state index contributed by atoms with van der Waals surface area (Å²) in [7, 11) is 0. The van der Waals surface area contributed by atoms with Crippen LogP contribution in [0.25, 0.3) is 0 Å². The average Bonchev–Trinajstić information content (AvgIpc) is 2.71. The fraction of sp³-hybridized carbons (Fsp3) is 1.00. The Balaban J connectivity index is 0.000000853. The maximum atomic E-state index is 9.83. The van der Waals surface area contributed by atoms with Gasteiger partial charge in [-0.25, -0.2) is 0 Å². The van der Waals surface area contributed by atoms with Crippen LogP contribution in [0.4, 0.5) is 0 Å². The van der Waals surface area contributed by atoms with Crippen molar-refractivity contribution in [3.8, 4) is 0 Å². The van der Waals surface area contributed by atoms with E-state index < -0.39 is 0 Å². The SMILES string of the molecule is Cl.N[C@@H]1[C@@H]2CC[C@@H](C2)C12CCC[C@H](O)C2. The highest BCUT2D eigenvalue weighted by atomic mass is 35.5. The van der Waals surface area contributed by atoms with Crippen LogP contribution in [0.2, 0.25) is 0 Å². The number of hydrogen-bond donors (Lipinski definition) is 2. The molecular formula is C12H22ClNO. The van der Waals surface area contributed by atoms with Gasteiger partial charge in [-0.05, 0) is 55.8 Å². The van der Waals surface area contributed by atoms with Gasteiger partial charge in [0.2, 0.25) is 0 Å². The fourth-order valence-electron chi connectivity index (χ4n) is 4.59. The molecule has 0 aromatic heterocycles. The van der Waals surface area contributed by atoms with Gasteiger partial charge >= 0.3 is 0 Å². The van der Waals surface area contributed by atoms with E-state index in [-0.39, 0.29) is 18.5 Å². The smallest absolute Gasteiger partial charge is 0.0546 e. The van der Waals surface area contributed by atoms with Crippen molar-refractivity contribution >= 4 is 12.4 Å². The van der Waals surface area contributed by atoms with E-state index in [2.05, 4.69) is 0 Å². The van der Waals surface area contributed by atoms with Crippen molar-refractivity contribution in [3.63, 3.8) is 0 Å². The summed E-state index contributed by atoms with van der Waals surface area (Å²) >= 11 is 0. The lowest BCUT2D eigenvalue weighted by molar-refractivity contribution is -0.00106. The molecule has 0 aliphatic heterocycles. The Bertz CT molecular complexity index is 244. The van der Waals surface area contributed by atoms with Crippen LogP contribution in [0.1, 0.15) is 44.9 Å². The molecule has 0 heterocycles. The summed E-state index contributed by atoms with van der Waals surface area (Å²) in [6.07, 6.45) is 8.50. The molecular weight excluding hydrogens is 210 g/mol. The third-order valence-electron chi connectivity index (χ3n) is 5.25. The quantitative estimate of drug-likeness (QED) is 0.671. The second kappa shape index (κ2) is 3.90. The maximum absolute atomic E-state index is 9.83. The topological polar surface area (TPSA) is 46.2 Å². The highest BCUT2D eigenvalue weighted by Gasteiger charge is 2.57. The highest BCUT2D eigenvalue weighted by Crippen LogP contribution is 2.60. The van der Waals surface area contributed by atoms with Crippen molar-refractivity contribution in [1.82, 2.24) is 0 Å². The first-order valence-corrected chi connectivity index (χ1v) is 6.16. The van der Waals surface area contributed by atoms with E-state index in [0.717, 1.165) is 24.7 Å². The van der Waals surface area contributed by atoms with E-state index in [0.29, 0.717) is 11.5 Å². The summed E-state index contributed by atoms with van der Waals surface area (Å²) < 4.78 is 0. The molecule has 0 saturated heterocycles. The van der Waals surface area contributed by atoms with Crippen LogP contribution in [0.3, 0.4) is 0 Å². The van der Waals surface area contributed by atoms with Gasteiger partial charge in [0.1, 0.15) is 0 Å². The van der Waals surface area contributed by atoms with Crippen LogP contribution in [0, 0.1) is 17.3 Å². The van der Waals surface area contributed by atoms with Crippen LogP contribution >= 0.6 is 12.4 Å². The van der Waals surface area contributed by atoms with E-state index in [1.165, 1.54) is 32.1 Å². The molecule has 0 aromatic carbocycles. The van der Waals surface area contributed by atoms with Crippen molar-refractivity contribution < 1.29 is 5.11 Å². The minimum atomic E-state index is -0.0610. The number of hydrogen-bond acceptors (Lipinski definition) is 2. The second-order valence-electron chi connectivity index (χ2n) is 5.78. The van der Waals surface area contributed by atoms with E-state index in [1.807, 2.05) is 0 Å². The largest absolute Gasteiger partial charge is 0.393 e. The summed E-state index contributed by atoms with van der Waals surface area (Å²) in [5.41, 5.74) is 6.73. The Morgan fingerprint density at radius 1 is 1.20 bits per heavy atom. The Morgan fingerprint density at radius 3 is 2.60 bits per heavy atom. The minimum absolute atomic E-state index is 0. The monoisotopic (exact) mass is 231 g/mol. The summed E-state index contributed by atoms with van der Waals surface area (Å²) in [5.74, 6) is 1.63. The summed E-state index contributed by atoms with van der Waals surface area (Å²) in [6, 6.07) is 0.399. The molecule has 3 rings (SSSR count). The van der Waals surface area contributed by atoms with Gasteiger partial charge in [-0.2, -0.15) is 0 Å². The van der Waals surface area contributed by atoms with Gasteiger partial charge in [0, 0.05) is 6.04 Å². The van der Waals surface area contributed by atoms with Crippen molar-refractivity contribution in [2.75, 3.05) is 0 Å². The predicted octanol–water partition coefficient (Wildman–Crippen LogP) is 2.09. The van der Waals surface area contributed by atoms with Gasteiger partial charge in [-0.15, -0.1) is 12.4 Å². The third kappa shape index (κ3) is 1.53. The number of rotatable bonds is 0. The molecule has 3 N–H and O–H groups in total. The Labute approximate surface area is 98.0 Å². The normalized spacial score (nSPS) is 53.2. The molecule has 0 radical (unpaired) electrons. The second-order valence-corrected chi connectivity index (χ2v) is 5.78. The molecule has 0 aromatic rings. The van der Waals surface area contributed by atoms with E-state index in [9.17, 15) is 5.11 Å². The number of nitrogens with two attached hydrogens (primary N) is 1. The van der Waals surface area contributed by atoms with E-state index in [4.69, 9.17) is 5.73 Å². The zero-order valence-electron chi connectivity index (χ0n) is 9.19. The zero-order valence-corrected chi connectivity index (χ0v) is 10.0. The van der Waals surface area contributed by atoms with Gasteiger partial charge in [0.25, 0.3) is 0 Å². The van der Waals surface area contributed by atoms with Crippen molar-refractivity contribution in [2.24, 2.45) is 23.0 Å². The molecule has 3 saturated carbocycles. The van der Waals surface area contributed by atoms with Gasteiger partial charge in [-0.3, -0.25) is 0 Å². The molecule has 2 bridgehead atoms. The number of aliphatic hydroxyl groups is 1. The fourth-order valence-corrected chi connectivity index (χ4v) is 4.59. The van der Waals surface area contributed by atoms with Crippen LogP contribution < -0.4 is 5.73 Å². The Morgan fingerprint density at radius 2 is 2.00 bits per heavy atom. The number of fused-ring (bicyclic) bond motifs is 3. The zero-order chi connectivity index (χ0) is 9.76. The van der Waals surface area contributed by atoms with E-state index in [1.54, 1.807) is 0 Å². The van der Waals surface area contributed by atoms with Crippen LogP contribution in [-0.4, -0.2) is 17.3 Å². The molecule has 3 aliphatic carbocycles. The lowest BCUT2D eigenvalue weighted by atomic mass is 9.61. The average molecular weight is 232 g/mol. The highest BCUT2D eigenvalue weighted by molar-refractivity contribution is 5.85. The summed E-state index contributed by atoms with van der Waals surface area (Å²) in [6.45, 7) is 0. The number of aliphatic hydroxyl groups excluding tert-OH is 1. The van der Waals surface area contributed by atoms with Crippen LogP contribution in [0.15, 0.2) is 0 Å². The molecule has 15 heavy (non-hydrogen) atoms. The molecule has 0 amide bonds. The lowest BCUT2D eigenvalue weighted by Gasteiger charge is -2.46. The van der Waals surface area contributed by atoms with Gasteiger partial charge < -0.3 is 10.8 Å². The minimum Gasteiger partial charge on any atom is -0.393 e. The first-order valence-electron chi connectivity index (χ1n) is 6.16. The molecule has 3 aliphatic rings. The molecule has 3 fully saturated rings.